The maximum Gasteiger partial charge on any atom is 0.0314 e. The summed E-state index contributed by atoms with van der Waals surface area (Å²) < 4.78 is 0. The minimum absolute atomic E-state index is 0.444. The minimum Gasteiger partial charge on any atom is -0.399 e. The number of nitrogen functional groups attached to an aromatic ring is 2. The summed E-state index contributed by atoms with van der Waals surface area (Å²) in [6.07, 6.45) is 23.1. The number of anilines is 2. The molecule has 4 aromatic rings. The quantitative estimate of drug-likeness (QED) is 0.0623. The normalized spacial score (nSPS) is 12.6. The zero-order valence-corrected chi connectivity index (χ0v) is 30.3. The van der Waals surface area contributed by atoms with E-state index >= 15 is 0 Å². The lowest BCUT2D eigenvalue weighted by Crippen LogP contribution is -2.03. The van der Waals surface area contributed by atoms with Crippen LogP contribution < -0.4 is 11.5 Å². The van der Waals surface area contributed by atoms with Gasteiger partial charge in [0.2, 0.25) is 0 Å². The second-order valence-corrected chi connectivity index (χ2v) is 14.2. The molecule has 2 unspecified atom stereocenters. The average molecular weight is 645 g/mol. The zero-order chi connectivity index (χ0) is 33.8. The molecule has 2 nitrogen and oxygen atoms in total. The van der Waals surface area contributed by atoms with Gasteiger partial charge in [-0.05, 0) is 96.2 Å². The van der Waals surface area contributed by atoms with Crippen molar-refractivity contribution in [3.8, 4) is 0 Å². The van der Waals surface area contributed by atoms with Crippen LogP contribution in [0.5, 0.6) is 0 Å². The van der Waals surface area contributed by atoms with Gasteiger partial charge in [-0.1, -0.05) is 164 Å². The highest BCUT2D eigenvalue weighted by Gasteiger charge is 2.16. The Hall–Kier alpha value is -3.52. The van der Waals surface area contributed by atoms with Crippen LogP contribution >= 0.6 is 0 Å². The van der Waals surface area contributed by atoms with Crippen molar-refractivity contribution in [2.24, 2.45) is 0 Å². The van der Waals surface area contributed by atoms with E-state index in [-0.39, 0.29) is 0 Å². The van der Waals surface area contributed by atoms with E-state index < -0.39 is 0 Å². The van der Waals surface area contributed by atoms with Crippen molar-refractivity contribution in [2.45, 2.75) is 141 Å². The maximum atomic E-state index is 6.02. The van der Waals surface area contributed by atoms with Crippen molar-refractivity contribution < 1.29 is 0 Å². The second-order valence-electron chi connectivity index (χ2n) is 14.2. The fourth-order valence-corrected chi connectivity index (χ4v) is 7.26. The number of aryl methyl sites for hydroxylation is 2. The second kappa shape index (κ2) is 21.5. The van der Waals surface area contributed by atoms with Crippen LogP contribution in [0.25, 0.3) is 0 Å². The van der Waals surface area contributed by atoms with Gasteiger partial charge in [-0.3, -0.25) is 0 Å². The molecular formula is C46H64N2. The molecular weight excluding hydrogens is 581 g/mol. The van der Waals surface area contributed by atoms with Crippen LogP contribution in [0.15, 0.2) is 97.1 Å². The van der Waals surface area contributed by atoms with Crippen LogP contribution in [-0.4, -0.2) is 0 Å². The summed E-state index contributed by atoms with van der Waals surface area (Å²) in [4.78, 5) is 0. The van der Waals surface area contributed by atoms with E-state index in [1.807, 2.05) is 0 Å². The molecule has 0 aliphatic heterocycles. The first-order valence-corrected chi connectivity index (χ1v) is 19.5. The lowest BCUT2D eigenvalue weighted by Gasteiger charge is -2.19. The van der Waals surface area contributed by atoms with Crippen molar-refractivity contribution in [1.82, 2.24) is 0 Å². The largest absolute Gasteiger partial charge is 0.399 e. The third kappa shape index (κ3) is 12.8. The molecule has 0 aromatic heterocycles. The first kappa shape index (κ1) is 37.3. The van der Waals surface area contributed by atoms with Gasteiger partial charge in [-0.25, -0.2) is 0 Å². The molecule has 0 aliphatic carbocycles. The SMILES string of the molecule is CCCCCCCCC(c1ccc(N)cc1)c1ccc(CCCCc2ccc(C(CCCCCCCC)c3ccc(N)cc3)cc2)cc1. The van der Waals surface area contributed by atoms with Crippen molar-refractivity contribution >= 4 is 11.4 Å². The summed E-state index contributed by atoms with van der Waals surface area (Å²) in [5, 5.41) is 0. The molecule has 0 spiro atoms. The van der Waals surface area contributed by atoms with E-state index in [9.17, 15) is 0 Å². The highest BCUT2D eigenvalue weighted by molar-refractivity contribution is 5.44. The Kier molecular flexibility index (Phi) is 16.7. The molecule has 0 saturated carbocycles. The standard InChI is InChI=1S/C46H64N2/c1-3-5-7-9-11-13-19-45(41-29-33-43(47)34-30-41)39-25-21-37(22-26-39)17-15-16-18-38-23-27-40(28-24-38)46(20-14-12-10-8-6-4-2)42-31-35-44(48)36-32-42/h21-36,45-46H,3-20,47-48H2,1-2H3. The van der Waals surface area contributed by atoms with Crippen LogP contribution in [0.1, 0.15) is 162 Å². The summed E-state index contributed by atoms with van der Waals surface area (Å²) in [5.41, 5.74) is 22.3. The average Bonchev–Trinajstić information content (AvgIpc) is 3.11. The predicted octanol–water partition coefficient (Wildman–Crippen LogP) is 13.2. The van der Waals surface area contributed by atoms with Crippen LogP contribution in [0.3, 0.4) is 0 Å². The van der Waals surface area contributed by atoms with E-state index in [0.717, 1.165) is 24.2 Å². The van der Waals surface area contributed by atoms with Gasteiger partial charge in [-0.15, -0.1) is 0 Å². The molecule has 4 rings (SSSR count). The van der Waals surface area contributed by atoms with Crippen LogP contribution in [0.2, 0.25) is 0 Å². The molecule has 4 N–H and O–H groups in total. The molecule has 0 bridgehead atoms. The van der Waals surface area contributed by atoms with Gasteiger partial charge in [-0.2, -0.15) is 0 Å². The summed E-state index contributed by atoms with van der Waals surface area (Å²) in [6.45, 7) is 4.58. The first-order chi connectivity index (χ1) is 23.6. The van der Waals surface area contributed by atoms with Gasteiger partial charge in [0.05, 0.1) is 0 Å². The third-order valence-corrected chi connectivity index (χ3v) is 10.3. The van der Waals surface area contributed by atoms with Gasteiger partial charge in [0, 0.05) is 23.2 Å². The zero-order valence-electron chi connectivity index (χ0n) is 30.3. The van der Waals surface area contributed by atoms with Crippen molar-refractivity contribution in [2.75, 3.05) is 11.5 Å². The molecule has 0 saturated heterocycles. The summed E-state index contributed by atoms with van der Waals surface area (Å²) in [6, 6.07) is 36.2. The molecule has 0 heterocycles. The molecule has 2 atom stereocenters. The lowest BCUT2D eigenvalue weighted by atomic mass is 9.86. The fourth-order valence-electron chi connectivity index (χ4n) is 7.26. The Balaban J connectivity index is 1.27. The molecule has 0 amide bonds. The van der Waals surface area contributed by atoms with E-state index in [2.05, 4.69) is 111 Å². The van der Waals surface area contributed by atoms with Gasteiger partial charge in [0.1, 0.15) is 0 Å². The Bertz CT molecular complexity index is 1280. The highest BCUT2D eigenvalue weighted by Crippen LogP contribution is 2.33. The molecule has 2 heteroatoms. The third-order valence-electron chi connectivity index (χ3n) is 10.3. The smallest absolute Gasteiger partial charge is 0.0314 e. The Morgan fingerprint density at radius 1 is 0.354 bits per heavy atom. The van der Waals surface area contributed by atoms with Gasteiger partial charge in [0.25, 0.3) is 0 Å². The van der Waals surface area contributed by atoms with E-state index in [0.29, 0.717) is 11.8 Å². The number of rotatable bonds is 23. The number of hydrogen-bond acceptors (Lipinski definition) is 2. The number of nitrogens with two attached hydrogens (primary N) is 2. The summed E-state index contributed by atoms with van der Waals surface area (Å²) >= 11 is 0. The molecule has 0 aliphatic rings. The van der Waals surface area contributed by atoms with E-state index in [1.165, 1.54) is 136 Å². The van der Waals surface area contributed by atoms with Crippen molar-refractivity contribution in [3.63, 3.8) is 0 Å². The van der Waals surface area contributed by atoms with Crippen LogP contribution in [-0.2, 0) is 12.8 Å². The molecule has 0 radical (unpaired) electrons. The monoisotopic (exact) mass is 645 g/mol. The van der Waals surface area contributed by atoms with Crippen LogP contribution in [0.4, 0.5) is 11.4 Å². The molecule has 48 heavy (non-hydrogen) atoms. The van der Waals surface area contributed by atoms with E-state index in [1.54, 1.807) is 0 Å². The first-order valence-electron chi connectivity index (χ1n) is 19.5. The fraction of sp³-hybridized carbons (Fsp3) is 0.478. The number of benzene rings is 4. The Morgan fingerprint density at radius 3 is 0.979 bits per heavy atom. The van der Waals surface area contributed by atoms with Crippen molar-refractivity contribution in [1.29, 1.82) is 0 Å². The van der Waals surface area contributed by atoms with E-state index in [4.69, 9.17) is 11.5 Å². The lowest BCUT2D eigenvalue weighted by molar-refractivity contribution is 0.568. The minimum atomic E-state index is 0.444. The maximum absolute atomic E-state index is 6.02. The van der Waals surface area contributed by atoms with Crippen molar-refractivity contribution in [3.05, 3.63) is 130 Å². The van der Waals surface area contributed by atoms with Gasteiger partial charge >= 0.3 is 0 Å². The summed E-state index contributed by atoms with van der Waals surface area (Å²) in [5.74, 6) is 0.887. The summed E-state index contributed by atoms with van der Waals surface area (Å²) in [7, 11) is 0. The van der Waals surface area contributed by atoms with Gasteiger partial charge < -0.3 is 11.5 Å². The topological polar surface area (TPSA) is 52.0 Å². The molecule has 4 aromatic carbocycles. The molecule has 258 valence electrons. The number of unbranched alkanes of at least 4 members (excludes halogenated alkanes) is 11. The Morgan fingerprint density at radius 2 is 0.646 bits per heavy atom. The van der Waals surface area contributed by atoms with Crippen LogP contribution in [0, 0.1) is 0 Å². The highest BCUT2D eigenvalue weighted by atomic mass is 14.5. The van der Waals surface area contributed by atoms with Gasteiger partial charge in [0.15, 0.2) is 0 Å². The molecule has 0 fully saturated rings. The predicted molar refractivity (Wildman–Crippen MR) is 211 cm³/mol. The number of hydrogen-bond donors (Lipinski definition) is 2. The Labute approximate surface area is 293 Å².